The zero-order chi connectivity index (χ0) is 28.1. The van der Waals surface area contributed by atoms with E-state index in [1.165, 1.54) is 17.4 Å². The number of thiophene rings is 1. The topological polar surface area (TPSA) is 110 Å². The molecule has 0 bridgehead atoms. The quantitative estimate of drug-likeness (QED) is 0.260. The number of rotatable bonds is 8. The molecule has 210 valence electrons. The van der Waals surface area contributed by atoms with Gasteiger partial charge in [0.15, 0.2) is 0 Å². The van der Waals surface area contributed by atoms with E-state index in [-0.39, 0.29) is 23.7 Å². The lowest BCUT2D eigenvalue weighted by atomic mass is 9.77. The van der Waals surface area contributed by atoms with Crippen LogP contribution in [0.1, 0.15) is 82.7 Å². The van der Waals surface area contributed by atoms with E-state index < -0.39 is 11.8 Å². The SMILES string of the molecule is N#Cc1ccc(COc2cccc(C3CCC4(CC3)CC4c3nc4cc(C(=O)O)sc4n3CC3CCO3)n2)c(F)c1. The summed E-state index contributed by atoms with van der Waals surface area (Å²) in [7, 11) is 0. The largest absolute Gasteiger partial charge is 0.477 e. The number of carboxylic acids is 1. The monoisotopic (exact) mass is 572 g/mol. The van der Waals surface area contributed by atoms with Crippen LogP contribution in [0, 0.1) is 22.6 Å². The average Bonchev–Trinajstić information content (AvgIpc) is 3.30. The number of benzene rings is 1. The zero-order valence-electron chi connectivity index (χ0n) is 22.4. The Kier molecular flexibility index (Phi) is 6.51. The first kappa shape index (κ1) is 26.1. The van der Waals surface area contributed by atoms with Gasteiger partial charge in [0.05, 0.1) is 24.3 Å². The Morgan fingerprint density at radius 2 is 2.05 bits per heavy atom. The van der Waals surface area contributed by atoms with Crippen molar-refractivity contribution in [2.75, 3.05) is 6.61 Å². The Hall–Kier alpha value is -3.81. The molecule has 41 heavy (non-hydrogen) atoms. The summed E-state index contributed by atoms with van der Waals surface area (Å²) in [4.78, 5) is 22.5. The van der Waals surface area contributed by atoms with E-state index in [0.29, 0.717) is 28.2 Å². The molecule has 4 heterocycles. The molecule has 1 spiro atoms. The highest BCUT2D eigenvalue weighted by atomic mass is 32.1. The Balaban J connectivity index is 1.02. The van der Waals surface area contributed by atoms with Gasteiger partial charge in [-0.3, -0.25) is 0 Å². The number of hydrogen-bond donors (Lipinski definition) is 1. The van der Waals surface area contributed by atoms with Crippen LogP contribution < -0.4 is 4.74 Å². The van der Waals surface area contributed by atoms with Crippen molar-refractivity contribution >= 4 is 27.7 Å². The number of aromatic nitrogens is 3. The summed E-state index contributed by atoms with van der Waals surface area (Å²) in [6.45, 7) is 1.56. The van der Waals surface area contributed by atoms with Crippen molar-refractivity contribution in [3.63, 3.8) is 0 Å². The van der Waals surface area contributed by atoms with Crippen molar-refractivity contribution in [2.45, 2.75) is 69.6 Å². The Labute approximate surface area is 240 Å². The standard InChI is InChI=1S/C31H29FN4O4S/c32-23-12-18(15-33)4-5-20(23)17-40-27-3-1-2-24(34-27)19-6-9-31(10-7-19)14-22(31)28-35-25-13-26(30(37)38)41-29(25)36(28)16-21-8-11-39-21/h1-5,12-13,19,21-22H,6-11,14,16-17H2,(H,37,38). The summed E-state index contributed by atoms with van der Waals surface area (Å²) in [5.41, 5.74) is 2.68. The molecule has 3 aromatic heterocycles. The fraction of sp³-hybridized carbons (Fsp3) is 0.419. The summed E-state index contributed by atoms with van der Waals surface area (Å²) in [6, 6.07) is 13.8. The summed E-state index contributed by atoms with van der Waals surface area (Å²) in [5.74, 6) is 0.896. The van der Waals surface area contributed by atoms with Crippen molar-refractivity contribution in [3.05, 3.63) is 75.8 Å². The number of fused-ring (bicyclic) bond motifs is 1. The van der Waals surface area contributed by atoms with Gasteiger partial charge in [-0.25, -0.2) is 19.2 Å². The van der Waals surface area contributed by atoms with E-state index in [1.807, 2.05) is 18.2 Å². The molecule has 2 unspecified atom stereocenters. The fourth-order valence-corrected chi connectivity index (χ4v) is 7.44. The maximum atomic E-state index is 14.3. The molecule has 1 saturated heterocycles. The van der Waals surface area contributed by atoms with Gasteiger partial charge in [0.1, 0.15) is 33.5 Å². The second kappa shape index (κ2) is 10.2. The van der Waals surface area contributed by atoms with Crippen molar-refractivity contribution in [2.24, 2.45) is 5.41 Å². The van der Waals surface area contributed by atoms with Crippen LogP contribution in [-0.4, -0.2) is 38.3 Å². The summed E-state index contributed by atoms with van der Waals surface area (Å²) in [6.07, 6.45) is 6.53. The van der Waals surface area contributed by atoms with Crippen LogP contribution in [0.3, 0.4) is 0 Å². The molecule has 3 aliphatic rings. The number of imidazole rings is 1. The highest BCUT2D eigenvalue weighted by Crippen LogP contribution is 2.67. The van der Waals surface area contributed by atoms with Gasteiger partial charge in [0.25, 0.3) is 0 Å². The molecule has 4 aromatic rings. The highest BCUT2D eigenvalue weighted by molar-refractivity contribution is 7.20. The molecular weight excluding hydrogens is 543 g/mol. The highest BCUT2D eigenvalue weighted by Gasteiger charge is 2.57. The van der Waals surface area contributed by atoms with Crippen molar-refractivity contribution in [1.82, 2.24) is 14.5 Å². The van der Waals surface area contributed by atoms with Crippen LogP contribution in [0.25, 0.3) is 10.3 Å². The summed E-state index contributed by atoms with van der Waals surface area (Å²) >= 11 is 1.31. The molecule has 2 saturated carbocycles. The third kappa shape index (κ3) is 4.87. The Bertz CT molecular complexity index is 1680. The van der Waals surface area contributed by atoms with Crippen LogP contribution in [0.2, 0.25) is 0 Å². The summed E-state index contributed by atoms with van der Waals surface area (Å²) < 4.78 is 28.0. The molecular formula is C31H29FN4O4S. The van der Waals surface area contributed by atoms with Gasteiger partial charge in [-0.2, -0.15) is 5.26 Å². The number of pyridine rings is 1. The molecule has 7 rings (SSSR count). The van der Waals surface area contributed by atoms with E-state index >= 15 is 0 Å². The smallest absolute Gasteiger partial charge is 0.346 e. The van der Waals surface area contributed by atoms with Gasteiger partial charge in [-0.15, -0.1) is 11.3 Å². The number of aromatic carboxylic acids is 1. The first-order valence-electron chi connectivity index (χ1n) is 14.1. The second-order valence-corrected chi connectivity index (χ2v) is 12.5. The van der Waals surface area contributed by atoms with Gasteiger partial charge >= 0.3 is 5.97 Å². The van der Waals surface area contributed by atoms with E-state index in [4.69, 9.17) is 24.7 Å². The Morgan fingerprint density at radius 3 is 2.76 bits per heavy atom. The number of ether oxygens (including phenoxy) is 2. The number of carboxylic acid groups (broad SMARTS) is 1. The number of carbonyl (C=O) groups is 1. The number of nitriles is 1. The minimum atomic E-state index is -0.910. The van der Waals surface area contributed by atoms with Crippen molar-refractivity contribution < 1.29 is 23.8 Å². The molecule has 0 amide bonds. The molecule has 2 aliphatic carbocycles. The van der Waals surface area contributed by atoms with Gasteiger partial charge in [0, 0.05) is 35.8 Å². The molecule has 8 nitrogen and oxygen atoms in total. The molecule has 3 fully saturated rings. The van der Waals surface area contributed by atoms with Gasteiger partial charge in [-0.05, 0) is 68.2 Å². The van der Waals surface area contributed by atoms with Crippen molar-refractivity contribution in [3.8, 4) is 11.9 Å². The van der Waals surface area contributed by atoms with Crippen LogP contribution >= 0.6 is 11.3 Å². The van der Waals surface area contributed by atoms with Gasteiger partial charge in [-0.1, -0.05) is 12.1 Å². The van der Waals surface area contributed by atoms with Gasteiger partial charge in [0.2, 0.25) is 5.88 Å². The number of hydrogen-bond acceptors (Lipinski definition) is 7. The lowest BCUT2D eigenvalue weighted by molar-refractivity contribution is -0.0590. The predicted octanol–water partition coefficient (Wildman–Crippen LogP) is 6.40. The average molecular weight is 573 g/mol. The predicted molar refractivity (Wildman–Crippen MR) is 150 cm³/mol. The van der Waals surface area contributed by atoms with Crippen molar-refractivity contribution in [1.29, 1.82) is 5.26 Å². The minimum Gasteiger partial charge on any atom is -0.477 e. The number of nitrogens with zero attached hydrogens (tertiary/aromatic N) is 4. The third-order valence-electron chi connectivity index (χ3n) is 9.04. The van der Waals surface area contributed by atoms with E-state index in [1.54, 1.807) is 24.3 Å². The lowest BCUT2D eigenvalue weighted by Gasteiger charge is -2.30. The number of halogens is 1. The van der Waals surface area contributed by atoms with Gasteiger partial charge < -0.3 is 19.1 Å². The molecule has 1 N–H and O–H groups in total. The molecule has 1 aliphatic heterocycles. The van der Waals surface area contributed by atoms with E-state index in [0.717, 1.165) is 73.5 Å². The zero-order valence-corrected chi connectivity index (χ0v) is 23.2. The minimum absolute atomic E-state index is 0.0490. The Morgan fingerprint density at radius 1 is 1.22 bits per heavy atom. The van der Waals surface area contributed by atoms with Crippen LogP contribution in [0.4, 0.5) is 4.39 Å². The van der Waals surface area contributed by atoms with E-state index in [9.17, 15) is 14.3 Å². The first-order valence-corrected chi connectivity index (χ1v) is 14.9. The maximum Gasteiger partial charge on any atom is 0.346 e. The molecule has 1 aromatic carbocycles. The van der Waals surface area contributed by atoms with Crippen LogP contribution in [0.5, 0.6) is 5.88 Å². The van der Waals surface area contributed by atoms with Crippen LogP contribution in [-0.2, 0) is 17.9 Å². The molecule has 2 atom stereocenters. The second-order valence-electron chi connectivity index (χ2n) is 11.5. The summed E-state index contributed by atoms with van der Waals surface area (Å²) in [5, 5.41) is 18.4. The van der Waals surface area contributed by atoms with E-state index in [2.05, 4.69) is 4.57 Å². The molecule has 10 heteroatoms. The lowest BCUT2D eigenvalue weighted by Crippen LogP contribution is -2.31. The first-order chi connectivity index (χ1) is 19.9. The normalized spacial score (nSPS) is 25.1. The van der Waals surface area contributed by atoms with Crippen LogP contribution in [0.15, 0.2) is 42.5 Å². The molecule has 0 radical (unpaired) electrons. The third-order valence-corrected chi connectivity index (χ3v) is 10.2. The maximum absolute atomic E-state index is 14.3. The fourth-order valence-electron chi connectivity index (χ4n) is 6.49.